The average molecular weight is 667 g/mol. The fourth-order valence-corrected chi connectivity index (χ4v) is 10.0. The number of rotatable bonds is 9. The zero-order valence-corrected chi connectivity index (χ0v) is 26.8. The molecule has 4 bridgehead atoms. The molecule has 5 fully saturated rings. The molecule has 0 radical (unpaired) electrons. The first-order valence-electron chi connectivity index (χ1n) is 15.8. The first-order valence-corrected chi connectivity index (χ1v) is 18.0. The number of nitrogens with zero attached hydrogens (tertiary/aromatic N) is 3. The van der Waals surface area contributed by atoms with E-state index in [2.05, 4.69) is 4.98 Å². The van der Waals surface area contributed by atoms with Gasteiger partial charge in [-0.2, -0.15) is 5.10 Å². The number of hydrogen-bond acceptors (Lipinski definition) is 6. The number of carbonyl (C=O) groups is 1. The van der Waals surface area contributed by atoms with Gasteiger partial charge in [-0.05, 0) is 128 Å². The van der Waals surface area contributed by atoms with Gasteiger partial charge in [-0.1, -0.05) is 10.3 Å². The van der Waals surface area contributed by atoms with Crippen LogP contribution in [0.15, 0.2) is 46.7 Å². The van der Waals surface area contributed by atoms with Crippen LogP contribution in [-0.2, 0) is 28.0 Å². The fraction of sp³-hybridized carbons (Fsp3) is 0.441. The molecule has 0 spiro atoms. The molecule has 5 aliphatic carbocycles. The predicted molar refractivity (Wildman–Crippen MR) is 171 cm³/mol. The maximum Gasteiger partial charge on any atom is 0.355 e. The van der Waals surface area contributed by atoms with E-state index in [4.69, 9.17) is 10.2 Å². The molecule has 1 atom stereocenters. The standard InChI is InChI=1S/C34H34F2N4O3S2.H2O/c35-26-5-4-21(15-24(26)31-22-8-19-7-20(10-22)11-23(31)9-19)32-25(12-18-3-6-30(45(37)43)27(36)13-18)29(14-17-1-2-17)40(39-32)34-38-28(16-44-34)33(41)42;/h3-6,13,15-17,19-20,22-23,31H,1-2,7-12,14H2,(H2,37,43)(H,41,42);1H2. The van der Waals surface area contributed by atoms with Crippen LogP contribution < -0.4 is 5.14 Å². The Hall–Kier alpha value is -3.32. The zero-order valence-electron chi connectivity index (χ0n) is 25.1. The normalized spacial score (nSPS) is 25.4. The number of nitrogens with two attached hydrogens (primary N) is 1. The van der Waals surface area contributed by atoms with Gasteiger partial charge < -0.3 is 10.6 Å². The lowest BCUT2D eigenvalue weighted by Gasteiger charge is -2.54. The predicted octanol–water partition coefficient (Wildman–Crippen LogP) is 6.81. The highest BCUT2D eigenvalue weighted by atomic mass is 32.2. The van der Waals surface area contributed by atoms with Crippen LogP contribution in [-0.4, -0.2) is 31.3 Å². The minimum atomic E-state index is -2.32. The summed E-state index contributed by atoms with van der Waals surface area (Å²) in [5.41, 5.74) is 4.62. The summed E-state index contributed by atoms with van der Waals surface area (Å²) in [6.07, 6.45) is 9.25. The van der Waals surface area contributed by atoms with Crippen molar-refractivity contribution >= 4 is 28.3 Å². The maximum absolute atomic E-state index is 15.7. The summed E-state index contributed by atoms with van der Waals surface area (Å²) >= 11 is 1.21. The first-order chi connectivity index (χ1) is 21.7. The molecule has 12 heteroatoms. The van der Waals surface area contributed by atoms with Crippen LogP contribution in [0.5, 0.6) is 0 Å². The van der Waals surface area contributed by atoms with Gasteiger partial charge in [-0.25, -0.2) is 23.2 Å². The van der Waals surface area contributed by atoms with E-state index < -0.39 is 22.8 Å². The van der Waals surface area contributed by atoms with E-state index in [0.717, 1.165) is 47.1 Å². The van der Waals surface area contributed by atoms with Crippen LogP contribution in [0.2, 0.25) is 0 Å². The Kier molecular flexibility index (Phi) is 8.19. The quantitative estimate of drug-likeness (QED) is 0.149. The molecule has 2 aromatic heterocycles. The monoisotopic (exact) mass is 666 g/mol. The van der Waals surface area contributed by atoms with Crippen molar-refractivity contribution in [2.24, 2.45) is 34.7 Å². The lowest BCUT2D eigenvalue weighted by atomic mass is 9.50. The second-order valence-corrected chi connectivity index (χ2v) is 15.6. The third-order valence-corrected chi connectivity index (χ3v) is 12.3. The topological polar surface area (TPSA) is 141 Å². The molecule has 2 heterocycles. The SMILES string of the molecule is N[SH+](=O)c1ccc(Cc2c(-c3ccc(F)c(C4C5CC6CC(C5)CC4C6)c3)nn(-c3nc(C(=O)O)cs3)c2CC2CC2)cc1F.[OH-]. The van der Waals surface area contributed by atoms with Crippen LogP contribution >= 0.6 is 11.3 Å². The molecule has 46 heavy (non-hydrogen) atoms. The highest BCUT2D eigenvalue weighted by Crippen LogP contribution is 2.60. The van der Waals surface area contributed by atoms with Gasteiger partial charge in [0.2, 0.25) is 10.0 Å². The van der Waals surface area contributed by atoms with Crippen LogP contribution in [0.25, 0.3) is 16.4 Å². The van der Waals surface area contributed by atoms with E-state index in [1.165, 1.54) is 61.0 Å². The van der Waals surface area contributed by atoms with Crippen molar-refractivity contribution in [2.75, 3.05) is 0 Å². The second kappa shape index (κ2) is 12.0. The third-order valence-electron chi connectivity index (χ3n) is 10.6. The summed E-state index contributed by atoms with van der Waals surface area (Å²) in [5, 5.41) is 22.1. The smallest absolute Gasteiger partial charge is 0.355 e. The van der Waals surface area contributed by atoms with Crippen molar-refractivity contribution in [2.45, 2.75) is 68.6 Å². The molecule has 0 aliphatic heterocycles. The van der Waals surface area contributed by atoms with E-state index in [-0.39, 0.29) is 27.8 Å². The molecule has 8 nitrogen and oxygen atoms in total. The summed E-state index contributed by atoms with van der Waals surface area (Å²) in [6.45, 7) is 0. The molecule has 4 N–H and O–H groups in total. The van der Waals surface area contributed by atoms with Gasteiger partial charge in [0.15, 0.2) is 22.5 Å². The van der Waals surface area contributed by atoms with Gasteiger partial charge in [0, 0.05) is 22.9 Å². The molecule has 4 aromatic rings. The van der Waals surface area contributed by atoms with Gasteiger partial charge in [-0.15, -0.1) is 16.5 Å². The van der Waals surface area contributed by atoms with Crippen LogP contribution in [0.1, 0.15) is 83.7 Å². The van der Waals surface area contributed by atoms with Gasteiger partial charge in [0.05, 0.1) is 11.4 Å². The fourth-order valence-electron chi connectivity index (χ4n) is 8.75. The number of carboxylic acid groups (broad SMARTS) is 1. The number of thiol groups is 1. The largest absolute Gasteiger partial charge is 0.870 e. The van der Waals surface area contributed by atoms with Crippen molar-refractivity contribution in [3.8, 4) is 16.4 Å². The number of hydrogen-bond donors (Lipinski definition) is 2. The van der Waals surface area contributed by atoms with Crippen molar-refractivity contribution in [3.05, 3.63) is 81.5 Å². The van der Waals surface area contributed by atoms with E-state index >= 15 is 4.39 Å². The van der Waals surface area contributed by atoms with Crippen molar-refractivity contribution in [1.29, 1.82) is 0 Å². The molecule has 0 saturated heterocycles. The van der Waals surface area contributed by atoms with E-state index in [1.807, 2.05) is 6.07 Å². The van der Waals surface area contributed by atoms with Crippen LogP contribution in [0.3, 0.4) is 0 Å². The lowest BCUT2D eigenvalue weighted by Crippen LogP contribution is -2.44. The number of aromatic carboxylic acids is 1. The van der Waals surface area contributed by atoms with Crippen LogP contribution in [0, 0.1) is 41.2 Å². The molecule has 9 rings (SSSR count). The summed E-state index contributed by atoms with van der Waals surface area (Å²) in [4.78, 5) is 16.1. The van der Waals surface area contributed by atoms with Gasteiger partial charge >= 0.3 is 5.97 Å². The Morgan fingerprint density at radius 3 is 2.35 bits per heavy atom. The van der Waals surface area contributed by atoms with E-state index in [1.54, 1.807) is 22.9 Å². The molecular formula is C34H36F2N4O4S2. The van der Waals surface area contributed by atoms with Crippen molar-refractivity contribution in [1.82, 2.24) is 14.8 Å². The van der Waals surface area contributed by atoms with Crippen molar-refractivity contribution < 1.29 is 28.4 Å². The molecule has 2 aromatic carbocycles. The first kappa shape index (κ1) is 31.3. The number of aromatic nitrogens is 3. The second-order valence-electron chi connectivity index (χ2n) is 13.6. The highest BCUT2D eigenvalue weighted by molar-refractivity contribution is 7.82. The maximum atomic E-state index is 15.7. The molecule has 1 unspecified atom stereocenters. The summed E-state index contributed by atoms with van der Waals surface area (Å²) in [5.74, 6) is 1.33. The Labute approximate surface area is 272 Å². The molecule has 5 saturated carbocycles. The minimum absolute atomic E-state index is 0. The Morgan fingerprint density at radius 1 is 1.02 bits per heavy atom. The summed E-state index contributed by atoms with van der Waals surface area (Å²) in [7, 11) is -2.32. The Bertz CT molecular complexity index is 1820. The van der Waals surface area contributed by atoms with Crippen molar-refractivity contribution in [3.63, 3.8) is 0 Å². The zero-order chi connectivity index (χ0) is 31.0. The number of halogens is 2. The molecular weight excluding hydrogens is 631 g/mol. The summed E-state index contributed by atoms with van der Waals surface area (Å²) < 4.78 is 44.3. The lowest BCUT2D eigenvalue weighted by molar-refractivity contribution is -0.00386. The highest BCUT2D eigenvalue weighted by Gasteiger charge is 2.49. The van der Waals surface area contributed by atoms with Gasteiger partial charge in [0.1, 0.15) is 5.82 Å². The van der Waals surface area contributed by atoms with Crippen LogP contribution in [0.4, 0.5) is 8.78 Å². The number of carboxylic acids is 1. The third kappa shape index (κ3) is 5.63. The molecule has 5 aliphatic rings. The van der Waals surface area contributed by atoms with Gasteiger partial charge in [-0.3, -0.25) is 0 Å². The Balaban J connectivity index is 0.00000338. The number of benzene rings is 2. The number of thiazole rings is 1. The average Bonchev–Trinajstić information content (AvgIpc) is 3.55. The molecule has 242 valence electrons. The molecule has 0 amide bonds. The Morgan fingerprint density at radius 2 is 1.74 bits per heavy atom. The van der Waals surface area contributed by atoms with E-state index in [9.17, 15) is 18.5 Å². The van der Waals surface area contributed by atoms with Gasteiger partial charge in [0.25, 0.3) is 0 Å². The van der Waals surface area contributed by atoms with E-state index in [0.29, 0.717) is 47.0 Å². The minimum Gasteiger partial charge on any atom is -0.870 e. The summed E-state index contributed by atoms with van der Waals surface area (Å²) in [6, 6.07) is 9.91.